The van der Waals surface area contributed by atoms with Crippen LogP contribution in [0.5, 0.6) is 0 Å². The van der Waals surface area contributed by atoms with Crippen molar-refractivity contribution < 1.29 is 4.79 Å². The van der Waals surface area contributed by atoms with Crippen LogP contribution < -0.4 is 0 Å². The van der Waals surface area contributed by atoms with Gasteiger partial charge in [-0.1, -0.05) is 30.3 Å². The Morgan fingerprint density at radius 3 is 2.65 bits per heavy atom. The molecule has 0 N–H and O–H groups in total. The Morgan fingerprint density at radius 1 is 1.22 bits per heavy atom. The van der Waals surface area contributed by atoms with E-state index < -0.39 is 0 Å². The molecule has 1 amide bonds. The van der Waals surface area contributed by atoms with Crippen molar-refractivity contribution in [1.82, 2.24) is 14.3 Å². The fourth-order valence-electron chi connectivity index (χ4n) is 2.73. The van der Waals surface area contributed by atoms with Gasteiger partial charge in [-0.3, -0.25) is 9.20 Å². The van der Waals surface area contributed by atoms with Crippen molar-refractivity contribution in [1.29, 1.82) is 0 Å². The van der Waals surface area contributed by atoms with Crippen molar-refractivity contribution >= 4 is 22.2 Å². The molecule has 0 radical (unpaired) electrons. The van der Waals surface area contributed by atoms with Gasteiger partial charge >= 0.3 is 0 Å². The molecule has 120 valence electrons. The molecular weight excluding hydrogens is 306 g/mol. The molecule has 0 aliphatic carbocycles. The average molecular weight is 327 g/mol. The van der Waals surface area contributed by atoms with Crippen LogP contribution >= 0.6 is 11.3 Å². The number of fused-ring (bicyclic) bond motifs is 1. The third kappa shape index (κ3) is 3.29. The first-order valence-corrected chi connectivity index (χ1v) is 8.89. The highest BCUT2D eigenvalue weighted by atomic mass is 32.1. The molecule has 2 aromatic heterocycles. The van der Waals surface area contributed by atoms with Gasteiger partial charge in [0.15, 0.2) is 4.96 Å². The number of hydrogen-bond donors (Lipinski definition) is 0. The summed E-state index contributed by atoms with van der Waals surface area (Å²) < 4.78 is 2.11. The number of imidazole rings is 1. The minimum Gasteiger partial charge on any atom is -0.343 e. The quantitative estimate of drug-likeness (QED) is 0.689. The van der Waals surface area contributed by atoms with E-state index in [-0.39, 0.29) is 5.91 Å². The summed E-state index contributed by atoms with van der Waals surface area (Å²) in [4.78, 5) is 19.7. The fourth-order valence-corrected chi connectivity index (χ4v) is 3.63. The van der Waals surface area contributed by atoms with Crippen LogP contribution in [0, 0.1) is 0 Å². The molecule has 3 rings (SSSR count). The number of rotatable bonds is 6. The first-order valence-electron chi connectivity index (χ1n) is 8.01. The molecule has 0 atom stereocenters. The second kappa shape index (κ2) is 6.96. The lowest BCUT2D eigenvalue weighted by Crippen LogP contribution is -2.30. The molecule has 3 aromatic rings. The number of amides is 1. The summed E-state index contributed by atoms with van der Waals surface area (Å²) in [5.74, 6) is 0.220. The molecule has 0 fully saturated rings. The average Bonchev–Trinajstić information content (AvgIpc) is 3.16. The summed E-state index contributed by atoms with van der Waals surface area (Å²) in [6, 6.07) is 10.2. The smallest absolute Gasteiger partial charge is 0.222 e. The molecule has 0 aliphatic rings. The second-order valence-corrected chi connectivity index (χ2v) is 6.27. The van der Waals surface area contributed by atoms with E-state index in [0.29, 0.717) is 6.42 Å². The van der Waals surface area contributed by atoms with Gasteiger partial charge in [-0.2, -0.15) is 0 Å². The molecule has 23 heavy (non-hydrogen) atoms. The van der Waals surface area contributed by atoms with Gasteiger partial charge in [0.1, 0.15) is 0 Å². The SMILES string of the molecule is CCN(CC)C(=O)CCc1csc2nc(-c3ccccc3)cn12. The number of benzene rings is 1. The van der Waals surface area contributed by atoms with Crippen molar-refractivity contribution in [2.75, 3.05) is 13.1 Å². The van der Waals surface area contributed by atoms with Gasteiger partial charge in [0, 0.05) is 42.3 Å². The molecule has 1 aromatic carbocycles. The molecule has 0 spiro atoms. The van der Waals surface area contributed by atoms with Crippen molar-refractivity contribution in [2.45, 2.75) is 26.7 Å². The van der Waals surface area contributed by atoms with Gasteiger partial charge in [0.25, 0.3) is 0 Å². The second-order valence-electron chi connectivity index (χ2n) is 5.44. The Balaban J connectivity index is 1.77. The summed E-state index contributed by atoms with van der Waals surface area (Å²) in [5.41, 5.74) is 3.25. The van der Waals surface area contributed by atoms with Gasteiger partial charge < -0.3 is 4.90 Å². The standard InChI is InChI=1S/C18H21N3OS/c1-3-20(4-2)17(22)11-10-15-13-23-18-19-16(12-21(15)18)14-8-6-5-7-9-14/h5-9,12-13H,3-4,10-11H2,1-2H3. The molecular formula is C18H21N3OS. The first kappa shape index (κ1) is 15.7. The molecule has 2 heterocycles. The van der Waals surface area contributed by atoms with E-state index in [1.54, 1.807) is 11.3 Å². The zero-order chi connectivity index (χ0) is 16.2. The van der Waals surface area contributed by atoms with Crippen LogP contribution in [0.2, 0.25) is 0 Å². The minimum atomic E-state index is 0.220. The highest BCUT2D eigenvalue weighted by Crippen LogP contribution is 2.24. The van der Waals surface area contributed by atoms with Gasteiger partial charge in [-0.25, -0.2) is 4.98 Å². The number of aromatic nitrogens is 2. The Morgan fingerprint density at radius 2 is 1.96 bits per heavy atom. The number of carbonyl (C=O) groups is 1. The predicted octanol–water partition coefficient (Wildman–Crippen LogP) is 3.86. The molecule has 0 unspecified atom stereocenters. The maximum absolute atomic E-state index is 12.2. The topological polar surface area (TPSA) is 37.6 Å². The van der Waals surface area contributed by atoms with Crippen molar-refractivity contribution in [2.24, 2.45) is 0 Å². The molecule has 4 nitrogen and oxygen atoms in total. The van der Waals surface area contributed by atoms with E-state index in [4.69, 9.17) is 0 Å². The minimum absolute atomic E-state index is 0.220. The van der Waals surface area contributed by atoms with Gasteiger partial charge in [-0.05, 0) is 20.3 Å². The van der Waals surface area contributed by atoms with Crippen LogP contribution in [-0.2, 0) is 11.2 Å². The van der Waals surface area contributed by atoms with Crippen LogP contribution in [0.25, 0.3) is 16.2 Å². The van der Waals surface area contributed by atoms with Gasteiger partial charge in [0.05, 0.1) is 5.69 Å². The predicted molar refractivity (Wildman–Crippen MR) is 94.8 cm³/mol. The third-order valence-electron chi connectivity index (χ3n) is 4.06. The molecule has 0 saturated carbocycles. The zero-order valence-electron chi connectivity index (χ0n) is 13.5. The Kier molecular flexibility index (Phi) is 4.76. The monoisotopic (exact) mass is 327 g/mol. The van der Waals surface area contributed by atoms with Crippen molar-refractivity contribution in [3.05, 3.63) is 47.6 Å². The normalized spacial score (nSPS) is 11.0. The lowest BCUT2D eigenvalue weighted by Gasteiger charge is -2.18. The fraction of sp³-hybridized carbons (Fsp3) is 0.333. The number of carbonyl (C=O) groups excluding carboxylic acids is 1. The molecule has 0 saturated heterocycles. The van der Waals surface area contributed by atoms with Crippen LogP contribution in [-0.4, -0.2) is 33.3 Å². The van der Waals surface area contributed by atoms with E-state index in [1.807, 2.05) is 36.9 Å². The van der Waals surface area contributed by atoms with Gasteiger partial charge in [0.2, 0.25) is 5.91 Å². The third-order valence-corrected chi connectivity index (χ3v) is 4.95. The molecule has 0 bridgehead atoms. The zero-order valence-corrected chi connectivity index (χ0v) is 14.3. The van der Waals surface area contributed by atoms with Crippen LogP contribution in [0.15, 0.2) is 41.9 Å². The first-order chi connectivity index (χ1) is 11.2. The summed E-state index contributed by atoms with van der Waals surface area (Å²) in [6.45, 7) is 5.59. The van der Waals surface area contributed by atoms with Crippen LogP contribution in [0.4, 0.5) is 0 Å². The highest BCUT2D eigenvalue weighted by Gasteiger charge is 2.13. The van der Waals surface area contributed by atoms with E-state index in [9.17, 15) is 4.79 Å². The largest absolute Gasteiger partial charge is 0.343 e. The summed E-state index contributed by atoms with van der Waals surface area (Å²) in [5, 5.41) is 2.10. The lowest BCUT2D eigenvalue weighted by atomic mass is 10.2. The molecule has 5 heteroatoms. The summed E-state index contributed by atoms with van der Waals surface area (Å²) in [7, 11) is 0. The van der Waals surface area contributed by atoms with Crippen molar-refractivity contribution in [3.63, 3.8) is 0 Å². The number of thiazole rings is 1. The van der Waals surface area contributed by atoms with Gasteiger partial charge in [-0.15, -0.1) is 11.3 Å². The van der Waals surface area contributed by atoms with Crippen LogP contribution in [0.3, 0.4) is 0 Å². The number of nitrogens with zero attached hydrogens (tertiary/aromatic N) is 3. The molecule has 0 aliphatic heterocycles. The number of aryl methyl sites for hydroxylation is 1. The van der Waals surface area contributed by atoms with E-state index in [1.165, 1.54) is 0 Å². The maximum Gasteiger partial charge on any atom is 0.222 e. The highest BCUT2D eigenvalue weighted by molar-refractivity contribution is 7.15. The van der Waals surface area contributed by atoms with E-state index in [0.717, 1.165) is 41.4 Å². The van der Waals surface area contributed by atoms with Crippen molar-refractivity contribution in [3.8, 4) is 11.3 Å². The maximum atomic E-state index is 12.2. The Hall–Kier alpha value is -2.14. The lowest BCUT2D eigenvalue weighted by molar-refractivity contribution is -0.130. The summed E-state index contributed by atoms with van der Waals surface area (Å²) in [6.07, 6.45) is 3.37. The number of hydrogen-bond acceptors (Lipinski definition) is 3. The summed E-state index contributed by atoms with van der Waals surface area (Å²) >= 11 is 1.63. The Bertz CT molecular complexity index is 787. The van der Waals surface area contributed by atoms with Crippen LogP contribution in [0.1, 0.15) is 26.0 Å². The van der Waals surface area contributed by atoms with E-state index in [2.05, 4.69) is 33.1 Å². The van der Waals surface area contributed by atoms with E-state index >= 15 is 0 Å². The Labute approximate surface area is 140 Å².